The molecule has 0 aliphatic heterocycles. The van der Waals surface area contributed by atoms with E-state index in [9.17, 15) is 25.1 Å². The zero-order valence-electron chi connectivity index (χ0n) is 13.2. The number of hydrogen-bond donors (Lipinski definition) is 1. The maximum atomic E-state index is 11.3. The SMILES string of the molecule is O=C([O-])[C]([Cr])(CO)c1ccccc1N=Nc1ccc([N+](=O)[O-])cc1.[Na+]. The number of aliphatic hydroxyl groups is 1. The summed E-state index contributed by atoms with van der Waals surface area (Å²) in [5.41, 5.74) is 0.721. The topological polar surface area (TPSA) is 128 Å². The van der Waals surface area contributed by atoms with Gasteiger partial charge in [-0.3, -0.25) is 0 Å². The van der Waals surface area contributed by atoms with Gasteiger partial charge < -0.3 is 0 Å². The number of azo groups is 1. The normalized spacial score (nSPS) is 13.0. The van der Waals surface area contributed by atoms with Crippen molar-refractivity contribution in [2.45, 2.75) is 4.28 Å². The Morgan fingerprint density at radius 1 is 1.16 bits per heavy atom. The minimum Gasteiger partial charge on any atom is 1.00 e. The molecule has 0 amide bonds. The van der Waals surface area contributed by atoms with Gasteiger partial charge in [0.25, 0.3) is 0 Å². The maximum Gasteiger partial charge on any atom is 1.00 e. The van der Waals surface area contributed by atoms with Crippen molar-refractivity contribution < 1.29 is 65.8 Å². The van der Waals surface area contributed by atoms with E-state index in [0.29, 0.717) is 5.69 Å². The number of carboxylic acids is 1. The van der Waals surface area contributed by atoms with E-state index >= 15 is 0 Å². The molecule has 25 heavy (non-hydrogen) atoms. The Bertz CT molecular complexity index is 800. The molecular weight excluding hydrogens is 377 g/mol. The van der Waals surface area contributed by atoms with Crippen LogP contribution in [-0.2, 0) is 25.4 Å². The molecule has 10 heteroatoms. The number of carbonyl (C=O) groups excluding carboxylic acids is 1. The number of benzene rings is 2. The monoisotopic (exact) mass is 388 g/mol. The minimum atomic E-state index is -1.74. The van der Waals surface area contributed by atoms with Crippen molar-refractivity contribution in [2.24, 2.45) is 10.2 Å². The van der Waals surface area contributed by atoms with Gasteiger partial charge in [0.05, 0.1) is 0 Å². The van der Waals surface area contributed by atoms with Crippen LogP contribution in [0.25, 0.3) is 0 Å². The molecular formula is C15H11CrN3NaO5. The second kappa shape index (κ2) is 9.20. The van der Waals surface area contributed by atoms with Crippen LogP contribution in [0.1, 0.15) is 5.56 Å². The first-order valence-corrected chi connectivity index (χ1v) is 7.30. The average Bonchev–Trinajstić information content (AvgIpc) is 2.59. The number of carbonyl (C=O) groups is 1. The van der Waals surface area contributed by atoms with Crippen molar-refractivity contribution in [1.29, 1.82) is 0 Å². The number of non-ortho nitro benzene ring substituents is 1. The maximum absolute atomic E-state index is 11.3. The molecule has 1 unspecified atom stereocenters. The third-order valence-electron chi connectivity index (χ3n) is 3.23. The van der Waals surface area contributed by atoms with Gasteiger partial charge in [-0.1, -0.05) is 0 Å². The van der Waals surface area contributed by atoms with E-state index in [1.54, 1.807) is 12.1 Å². The fourth-order valence-electron chi connectivity index (χ4n) is 1.91. The summed E-state index contributed by atoms with van der Waals surface area (Å²) >= 11 is 2.43. The van der Waals surface area contributed by atoms with E-state index < -0.39 is 21.8 Å². The van der Waals surface area contributed by atoms with E-state index in [2.05, 4.69) is 26.5 Å². The fraction of sp³-hybridized carbons (Fsp3) is 0.133. The second-order valence-corrected chi connectivity index (χ2v) is 5.85. The molecule has 0 fully saturated rings. The Morgan fingerprint density at radius 3 is 2.28 bits per heavy atom. The van der Waals surface area contributed by atoms with Gasteiger partial charge in [0.1, 0.15) is 0 Å². The quantitative estimate of drug-likeness (QED) is 0.279. The molecule has 2 rings (SSSR count). The summed E-state index contributed by atoms with van der Waals surface area (Å²) in [5, 5.41) is 39.3. The van der Waals surface area contributed by atoms with Crippen LogP contribution in [0.5, 0.6) is 0 Å². The second-order valence-electron chi connectivity index (χ2n) is 4.76. The molecule has 0 heterocycles. The minimum absolute atomic E-state index is 0. The summed E-state index contributed by atoms with van der Waals surface area (Å²) in [5.74, 6) is -1.48. The summed E-state index contributed by atoms with van der Waals surface area (Å²) in [6.07, 6.45) is 0. The van der Waals surface area contributed by atoms with Gasteiger partial charge in [0.15, 0.2) is 0 Å². The van der Waals surface area contributed by atoms with Crippen molar-refractivity contribution in [3.63, 3.8) is 0 Å². The number of aliphatic hydroxyl groups excluding tert-OH is 1. The van der Waals surface area contributed by atoms with Gasteiger partial charge in [-0.2, -0.15) is 0 Å². The smallest absolute Gasteiger partial charge is 1.00 e. The first-order valence-electron chi connectivity index (χ1n) is 6.67. The van der Waals surface area contributed by atoms with E-state index in [1.807, 2.05) is 0 Å². The van der Waals surface area contributed by atoms with Crippen molar-refractivity contribution >= 4 is 23.0 Å². The summed E-state index contributed by atoms with van der Waals surface area (Å²) in [6.45, 7) is -0.709. The molecule has 0 bridgehead atoms. The Hall–Kier alpha value is -1.60. The number of carboxylic acid groups (broad SMARTS) is 1. The molecule has 0 aliphatic carbocycles. The fourth-order valence-corrected chi connectivity index (χ4v) is 2.18. The molecule has 2 aromatic carbocycles. The first-order chi connectivity index (χ1) is 11.4. The number of rotatable bonds is 6. The van der Waals surface area contributed by atoms with Crippen LogP contribution in [0, 0.1) is 10.1 Å². The van der Waals surface area contributed by atoms with E-state index in [1.165, 1.54) is 36.4 Å². The first kappa shape index (κ1) is 21.4. The van der Waals surface area contributed by atoms with E-state index in [-0.39, 0.29) is 46.5 Å². The number of hydrogen-bond acceptors (Lipinski definition) is 7. The Morgan fingerprint density at radius 2 is 1.76 bits per heavy atom. The molecule has 1 atom stereocenters. The summed E-state index contributed by atoms with van der Waals surface area (Å²) in [4.78, 5) is 21.4. The number of nitrogens with zero attached hydrogens (tertiary/aromatic N) is 3. The summed E-state index contributed by atoms with van der Waals surface area (Å²) < 4.78 is -1.74. The average molecular weight is 388 g/mol. The van der Waals surface area contributed by atoms with Gasteiger partial charge in [-0.15, -0.1) is 0 Å². The summed E-state index contributed by atoms with van der Waals surface area (Å²) in [7, 11) is 0. The molecule has 0 saturated heterocycles. The molecule has 0 spiro atoms. The van der Waals surface area contributed by atoms with E-state index in [4.69, 9.17) is 0 Å². The van der Waals surface area contributed by atoms with E-state index in [0.717, 1.165) is 0 Å². The van der Waals surface area contributed by atoms with Crippen LogP contribution in [0.2, 0.25) is 0 Å². The molecule has 2 aromatic rings. The van der Waals surface area contributed by atoms with Crippen LogP contribution < -0.4 is 34.7 Å². The standard InChI is InChI=1S/C15H12N3O5.Cr.Na/c19-9-13(15(20)21)12-3-1-2-4-14(12)17-16-10-5-7-11(8-6-10)18(22)23;;/h1-8,19H,9H2,(H,20,21);;/q;;+1/p-1. The van der Waals surface area contributed by atoms with Crippen LogP contribution in [-0.4, -0.2) is 22.6 Å². The predicted molar refractivity (Wildman–Crippen MR) is 77.5 cm³/mol. The van der Waals surface area contributed by atoms with Crippen LogP contribution in [0.15, 0.2) is 58.8 Å². The third-order valence-corrected chi connectivity index (χ3v) is 4.03. The van der Waals surface area contributed by atoms with Gasteiger partial charge in [0, 0.05) is 0 Å². The Balaban J connectivity index is 0.00000312. The molecule has 123 valence electrons. The van der Waals surface area contributed by atoms with Gasteiger partial charge in [-0.05, 0) is 0 Å². The van der Waals surface area contributed by atoms with Gasteiger partial charge in [0.2, 0.25) is 0 Å². The summed E-state index contributed by atoms with van der Waals surface area (Å²) in [6, 6.07) is 11.7. The molecule has 0 radical (unpaired) electrons. The number of aliphatic carboxylic acids is 1. The number of nitro benzene ring substituents is 1. The van der Waals surface area contributed by atoms with Gasteiger partial charge in [-0.25, -0.2) is 0 Å². The van der Waals surface area contributed by atoms with Crippen molar-refractivity contribution in [3.05, 3.63) is 64.2 Å². The molecule has 0 aliphatic rings. The number of nitro groups is 1. The van der Waals surface area contributed by atoms with Crippen molar-refractivity contribution in [2.75, 3.05) is 6.61 Å². The largest absolute Gasteiger partial charge is 1.00 e. The molecule has 0 saturated carbocycles. The Kier molecular flexibility index (Phi) is 7.89. The molecule has 8 nitrogen and oxygen atoms in total. The van der Waals surface area contributed by atoms with Gasteiger partial charge >= 0.3 is 174 Å². The Labute approximate surface area is 173 Å². The zero-order chi connectivity index (χ0) is 17.7. The van der Waals surface area contributed by atoms with Crippen molar-refractivity contribution in [1.82, 2.24) is 0 Å². The molecule has 1 N–H and O–H groups in total. The van der Waals surface area contributed by atoms with Crippen LogP contribution >= 0.6 is 0 Å². The zero-order valence-corrected chi connectivity index (χ0v) is 16.4. The third kappa shape index (κ3) is 4.95. The van der Waals surface area contributed by atoms with Crippen LogP contribution in [0.3, 0.4) is 0 Å². The van der Waals surface area contributed by atoms with Crippen LogP contribution in [0.4, 0.5) is 17.1 Å². The molecule has 0 aromatic heterocycles. The predicted octanol–water partition coefficient (Wildman–Crippen LogP) is -1.50. The van der Waals surface area contributed by atoms with Crippen molar-refractivity contribution in [3.8, 4) is 0 Å².